The Labute approximate surface area is 111 Å². The van der Waals surface area contributed by atoms with Crippen molar-refractivity contribution in [2.24, 2.45) is 5.73 Å². The van der Waals surface area contributed by atoms with Crippen LogP contribution < -0.4 is 11.1 Å². The van der Waals surface area contributed by atoms with E-state index in [1.807, 2.05) is 18.4 Å². The molecule has 0 heterocycles. The third-order valence-corrected chi connectivity index (χ3v) is 3.39. The molecule has 1 rings (SSSR count). The topological polar surface area (TPSA) is 55.1 Å². The third kappa shape index (κ3) is 4.58. The molecule has 3 nitrogen and oxygen atoms in total. The Morgan fingerprint density at radius 2 is 2.24 bits per heavy atom. The molecule has 1 amide bonds. The SMILES string of the molecule is CSc1ccc(Cl)c(C(=O)NCCCCN)c1. The van der Waals surface area contributed by atoms with Gasteiger partial charge in [-0.3, -0.25) is 4.79 Å². The summed E-state index contributed by atoms with van der Waals surface area (Å²) < 4.78 is 0. The van der Waals surface area contributed by atoms with Gasteiger partial charge < -0.3 is 11.1 Å². The van der Waals surface area contributed by atoms with E-state index in [1.165, 1.54) is 0 Å². The summed E-state index contributed by atoms with van der Waals surface area (Å²) in [4.78, 5) is 12.9. The Hall–Kier alpha value is -0.710. The number of carbonyl (C=O) groups excluding carboxylic acids is 1. The van der Waals surface area contributed by atoms with Crippen LogP contribution in [0.5, 0.6) is 0 Å². The second-order valence-electron chi connectivity index (χ2n) is 3.60. The van der Waals surface area contributed by atoms with Crippen molar-refractivity contribution in [3.05, 3.63) is 28.8 Å². The average molecular weight is 273 g/mol. The second kappa shape index (κ2) is 7.58. The van der Waals surface area contributed by atoms with Gasteiger partial charge in [0.2, 0.25) is 0 Å². The molecule has 0 spiro atoms. The van der Waals surface area contributed by atoms with Crippen molar-refractivity contribution >= 4 is 29.3 Å². The minimum atomic E-state index is -0.122. The van der Waals surface area contributed by atoms with Crippen molar-refractivity contribution in [1.29, 1.82) is 0 Å². The lowest BCUT2D eigenvalue weighted by Crippen LogP contribution is -2.25. The molecule has 5 heteroatoms. The molecular weight excluding hydrogens is 256 g/mol. The number of hydrogen-bond donors (Lipinski definition) is 2. The molecule has 17 heavy (non-hydrogen) atoms. The molecule has 0 saturated heterocycles. The van der Waals surface area contributed by atoms with E-state index in [9.17, 15) is 4.79 Å². The zero-order chi connectivity index (χ0) is 12.7. The largest absolute Gasteiger partial charge is 0.352 e. The summed E-state index contributed by atoms with van der Waals surface area (Å²) in [6, 6.07) is 5.46. The van der Waals surface area contributed by atoms with Crippen molar-refractivity contribution in [3.8, 4) is 0 Å². The van der Waals surface area contributed by atoms with Crippen LogP contribution in [0.15, 0.2) is 23.1 Å². The van der Waals surface area contributed by atoms with E-state index in [-0.39, 0.29) is 5.91 Å². The average Bonchev–Trinajstić information content (AvgIpc) is 2.35. The summed E-state index contributed by atoms with van der Waals surface area (Å²) in [6.45, 7) is 1.29. The van der Waals surface area contributed by atoms with E-state index in [1.54, 1.807) is 17.8 Å². The lowest BCUT2D eigenvalue weighted by molar-refractivity contribution is 0.0953. The molecule has 0 fully saturated rings. The van der Waals surface area contributed by atoms with Crippen LogP contribution in [0.1, 0.15) is 23.2 Å². The predicted molar refractivity (Wildman–Crippen MR) is 73.9 cm³/mol. The minimum absolute atomic E-state index is 0.122. The van der Waals surface area contributed by atoms with E-state index in [0.717, 1.165) is 17.7 Å². The number of halogens is 1. The molecule has 0 aromatic heterocycles. The molecule has 0 aliphatic carbocycles. The van der Waals surface area contributed by atoms with Gasteiger partial charge in [-0.1, -0.05) is 11.6 Å². The van der Waals surface area contributed by atoms with Gasteiger partial charge in [0.05, 0.1) is 10.6 Å². The minimum Gasteiger partial charge on any atom is -0.352 e. The molecule has 94 valence electrons. The van der Waals surface area contributed by atoms with Crippen LogP contribution in [0.25, 0.3) is 0 Å². The number of unbranched alkanes of at least 4 members (excludes halogenated alkanes) is 1. The molecule has 1 aromatic carbocycles. The fourth-order valence-electron chi connectivity index (χ4n) is 1.37. The van der Waals surface area contributed by atoms with Crippen molar-refractivity contribution < 1.29 is 4.79 Å². The Morgan fingerprint density at radius 3 is 2.88 bits per heavy atom. The summed E-state index contributed by atoms with van der Waals surface area (Å²) in [7, 11) is 0. The number of rotatable bonds is 6. The van der Waals surface area contributed by atoms with Crippen LogP contribution in [0.2, 0.25) is 5.02 Å². The van der Waals surface area contributed by atoms with E-state index < -0.39 is 0 Å². The first-order valence-electron chi connectivity index (χ1n) is 5.51. The van der Waals surface area contributed by atoms with Crippen LogP contribution >= 0.6 is 23.4 Å². The van der Waals surface area contributed by atoms with Gasteiger partial charge in [0.25, 0.3) is 5.91 Å². The number of amides is 1. The smallest absolute Gasteiger partial charge is 0.252 e. The van der Waals surface area contributed by atoms with E-state index in [0.29, 0.717) is 23.7 Å². The predicted octanol–water partition coefficient (Wildman–Crippen LogP) is 2.53. The number of nitrogens with two attached hydrogens (primary N) is 1. The van der Waals surface area contributed by atoms with Crippen molar-refractivity contribution in [3.63, 3.8) is 0 Å². The first-order valence-corrected chi connectivity index (χ1v) is 7.11. The summed E-state index contributed by atoms with van der Waals surface area (Å²) in [5.74, 6) is -0.122. The number of carbonyl (C=O) groups is 1. The molecular formula is C12H17ClN2OS. The molecule has 0 unspecified atom stereocenters. The highest BCUT2D eigenvalue weighted by atomic mass is 35.5. The quantitative estimate of drug-likeness (QED) is 0.618. The first kappa shape index (κ1) is 14.4. The molecule has 1 aromatic rings. The summed E-state index contributed by atoms with van der Waals surface area (Å²) >= 11 is 7.58. The third-order valence-electron chi connectivity index (χ3n) is 2.33. The Morgan fingerprint density at radius 1 is 1.47 bits per heavy atom. The fraction of sp³-hybridized carbons (Fsp3) is 0.417. The molecule has 0 aliphatic heterocycles. The van der Waals surface area contributed by atoms with E-state index >= 15 is 0 Å². The van der Waals surface area contributed by atoms with Crippen molar-refractivity contribution in [2.75, 3.05) is 19.3 Å². The summed E-state index contributed by atoms with van der Waals surface area (Å²) in [5, 5.41) is 3.32. The number of thioether (sulfide) groups is 1. The summed E-state index contributed by atoms with van der Waals surface area (Å²) in [5.41, 5.74) is 5.92. The van der Waals surface area contributed by atoms with Gasteiger partial charge in [-0.2, -0.15) is 0 Å². The summed E-state index contributed by atoms with van der Waals surface area (Å²) in [6.07, 6.45) is 3.77. The highest BCUT2D eigenvalue weighted by Gasteiger charge is 2.10. The molecule has 0 bridgehead atoms. The van der Waals surface area contributed by atoms with Crippen LogP contribution in [0, 0.1) is 0 Å². The maximum Gasteiger partial charge on any atom is 0.252 e. The van der Waals surface area contributed by atoms with Gasteiger partial charge in [0.1, 0.15) is 0 Å². The monoisotopic (exact) mass is 272 g/mol. The zero-order valence-corrected chi connectivity index (χ0v) is 11.4. The standard InChI is InChI=1S/C12H17ClN2OS/c1-17-9-4-5-11(13)10(8-9)12(16)15-7-3-2-6-14/h4-5,8H,2-3,6-7,14H2,1H3,(H,15,16). The van der Waals surface area contributed by atoms with Gasteiger partial charge in [-0.15, -0.1) is 11.8 Å². The van der Waals surface area contributed by atoms with Gasteiger partial charge >= 0.3 is 0 Å². The number of nitrogens with one attached hydrogen (secondary N) is 1. The Balaban J connectivity index is 2.61. The second-order valence-corrected chi connectivity index (χ2v) is 4.88. The molecule has 0 aliphatic rings. The van der Waals surface area contributed by atoms with Crippen LogP contribution in [-0.2, 0) is 0 Å². The number of benzene rings is 1. The molecule has 0 radical (unpaired) electrons. The Kier molecular flexibility index (Phi) is 6.40. The fourth-order valence-corrected chi connectivity index (χ4v) is 2.02. The van der Waals surface area contributed by atoms with Crippen LogP contribution in [0.4, 0.5) is 0 Å². The lowest BCUT2D eigenvalue weighted by Gasteiger charge is -2.07. The van der Waals surface area contributed by atoms with Crippen molar-refractivity contribution in [2.45, 2.75) is 17.7 Å². The van der Waals surface area contributed by atoms with Crippen LogP contribution in [0.3, 0.4) is 0 Å². The van der Waals surface area contributed by atoms with Crippen LogP contribution in [-0.4, -0.2) is 25.3 Å². The molecule has 0 atom stereocenters. The molecule has 0 saturated carbocycles. The highest BCUT2D eigenvalue weighted by molar-refractivity contribution is 7.98. The van der Waals surface area contributed by atoms with E-state index in [4.69, 9.17) is 17.3 Å². The maximum atomic E-state index is 11.9. The Bertz CT molecular complexity index is 385. The van der Waals surface area contributed by atoms with Gasteiger partial charge in [0, 0.05) is 11.4 Å². The highest BCUT2D eigenvalue weighted by Crippen LogP contribution is 2.22. The lowest BCUT2D eigenvalue weighted by atomic mass is 10.2. The maximum absolute atomic E-state index is 11.9. The normalized spacial score (nSPS) is 10.3. The van der Waals surface area contributed by atoms with Crippen molar-refractivity contribution in [1.82, 2.24) is 5.32 Å². The van der Waals surface area contributed by atoms with Gasteiger partial charge in [-0.05, 0) is 43.8 Å². The molecule has 3 N–H and O–H groups in total. The van der Waals surface area contributed by atoms with Gasteiger partial charge in [0.15, 0.2) is 0 Å². The van der Waals surface area contributed by atoms with Gasteiger partial charge in [-0.25, -0.2) is 0 Å². The zero-order valence-electron chi connectivity index (χ0n) is 9.83. The van der Waals surface area contributed by atoms with E-state index in [2.05, 4.69) is 5.32 Å². The number of hydrogen-bond acceptors (Lipinski definition) is 3. The first-order chi connectivity index (χ1) is 8.19.